The molecule has 1 fully saturated rings. The van der Waals surface area contributed by atoms with Crippen molar-refractivity contribution in [1.82, 2.24) is 14.8 Å². The molecule has 1 aliphatic heterocycles. The highest BCUT2D eigenvalue weighted by Gasteiger charge is 2.23. The van der Waals surface area contributed by atoms with Crippen LogP contribution in [0.5, 0.6) is 0 Å². The van der Waals surface area contributed by atoms with Crippen molar-refractivity contribution in [3.05, 3.63) is 36.0 Å². The Labute approximate surface area is 142 Å². The molecule has 0 saturated carbocycles. The van der Waals surface area contributed by atoms with E-state index in [1.165, 1.54) is 0 Å². The van der Waals surface area contributed by atoms with Crippen LogP contribution in [0.25, 0.3) is 10.9 Å². The van der Waals surface area contributed by atoms with Gasteiger partial charge in [0.25, 0.3) is 0 Å². The maximum atomic E-state index is 12.6. The number of piperazine rings is 1. The molecule has 2 heterocycles. The Morgan fingerprint density at radius 1 is 1.12 bits per heavy atom. The lowest BCUT2D eigenvalue weighted by atomic mass is 10.1. The number of para-hydroxylation sites is 1. The number of amides is 1. The fraction of sp³-hybridized carbons (Fsp3) is 0.474. The van der Waals surface area contributed by atoms with Crippen LogP contribution < -0.4 is 0 Å². The number of nitrogens with one attached hydrogen (secondary N) is 1. The molecule has 1 aliphatic rings. The number of ketones is 1. The van der Waals surface area contributed by atoms with Crippen LogP contribution in [-0.4, -0.2) is 59.2 Å². The molecule has 1 N–H and O–H groups in total. The molecule has 0 unspecified atom stereocenters. The molecule has 1 aromatic carbocycles. The minimum atomic E-state index is 0.137. The number of carbonyl (C=O) groups is 2. The van der Waals surface area contributed by atoms with E-state index in [0.717, 1.165) is 55.5 Å². The molecule has 128 valence electrons. The molecule has 0 radical (unpaired) electrons. The maximum Gasteiger partial charge on any atom is 0.222 e. The smallest absolute Gasteiger partial charge is 0.222 e. The number of fused-ring (bicyclic) bond motifs is 1. The number of hydrogen-bond donors (Lipinski definition) is 1. The van der Waals surface area contributed by atoms with Gasteiger partial charge in [0, 0.05) is 55.3 Å². The van der Waals surface area contributed by atoms with Gasteiger partial charge in [0.2, 0.25) is 5.91 Å². The standard InChI is InChI=1S/C19H25N3O2/c1-2-3-8-19(24)22-11-9-21(10-12-22)14-18(23)16-13-20-17-7-5-4-6-15(16)17/h4-7,13,20H,2-3,8-12,14H2,1H3. The van der Waals surface area contributed by atoms with Gasteiger partial charge in [-0.15, -0.1) is 0 Å². The summed E-state index contributed by atoms with van der Waals surface area (Å²) >= 11 is 0. The zero-order valence-electron chi connectivity index (χ0n) is 14.3. The van der Waals surface area contributed by atoms with Crippen LogP contribution in [0.15, 0.2) is 30.5 Å². The average molecular weight is 327 g/mol. The fourth-order valence-corrected chi connectivity index (χ4v) is 3.23. The van der Waals surface area contributed by atoms with Gasteiger partial charge in [-0.1, -0.05) is 31.5 Å². The molecule has 2 aromatic rings. The lowest BCUT2D eigenvalue weighted by molar-refractivity contribution is -0.132. The Balaban J connectivity index is 1.54. The monoisotopic (exact) mass is 327 g/mol. The molecule has 0 spiro atoms. The van der Waals surface area contributed by atoms with Gasteiger partial charge in [-0.05, 0) is 12.5 Å². The second-order valence-electron chi connectivity index (χ2n) is 6.43. The molecule has 24 heavy (non-hydrogen) atoms. The van der Waals surface area contributed by atoms with E-state index < -0.39 is 0 Å². The van der Waals surface area contributed by atoms with Gasteiger partial charge >= 0.3 is 0 Å². The molecular formula is C19H25N3O2. The fourth-order valence-electron chi connectivity index (χ4n) is 3.23. The van der Waals surface area contributed by atoms with Crippen molar-refractivity contribution in [1.29, 1.82) is 0 Å². The third-order valence-electron chi connectivity index (χ3n) is 4.73. The van der Waals surface area contributed by atoms with E-state index in [1.807, 2.05) is 29.2 Å². The maximum absolute atomic E-state index is 12.6. The molecule has 0 bridgehead atoms. The third kappa shape index (κ3) is 3.67. The van der Waals surface area contributed by atoms with Crippen molar-refractivity contribution in [2.45, 2.75) is 26.2 Å². The lowest BCUT2D eigenvalue weighted by Crippen LogP contribution is -2.49. The van der Waals surface area contributed by atoms with E-state index in [0.29, 0.717) is 13.0 Å². The first-order chi connectivity index (χ1) is 11.7. The van der Waals surface area contributed by atoms with Gasteiger partial charge in [0.1, 0.15) is 0 Å². The van der Waals surface area contributed by atoms with Crippen LogP contribution in [-0.2, 0) is 4.79 Å². The summed E-state index contributed by atoms with van der Waals surface area (Å²) < 4.78 is 0. The molecule has 0 aliphatic carbocycles. The molecule has 1 aromatic heterocycles. The van der Waals surface area contributed by atoms with E-state index in [1.54, 1.807) is 6.20 Å². The predicted octanol–water partition coefficient (Wildman–Crippen LogP) is 2.69. The van der Waals surface area contributed by atoms with E-state index in [4.69, 9.17) is 0 Å². The minimum Gasteiger partial charge on any atom is -0.360 e. The van der Waals surface area contributed by atoms with Gasteiger partial charge < -0.3 is 9.88 Å². The van der Waals surface area contributed by atoms with Crippen molar-refractivity contribution >= 4 is 22.6 Å². The van der Waals surface area contributed by atoms with Crippen LogP contribution in [0.1, 0.15) is 36.5 Å². The summed E-state index contributed by atoms with van der Waals surface area (Å²) in [4.78, 5) is 31.9. The molecule has 1 amide bonds. The first-order valence-electron chi connectivity index (χ1n) is 8.78. The van der Waals surface area contributed by atoms with E-state index in [2.05, 4.69) is 16.8 Å². The highest BCUT2D eigenvalue weighted by Crippen LogP contribution is 2.18. The predicted molar refractivity (Wildman–Crippen MR) is 95.2 cm³/mol. The van der Waals surface area contributed by atoms with E-state index >= 15 is 0 Å². The van der Waals surface area contributed by atoms with Crippen LogP contribution in [0.2, 0.25) is 0 Å². The molecular weight excluding hydrogens is 302 g/mol. The summed E-state index contributed by atoms with van der Waals surface area (Å²) in [6.45, 7) is 5.51. The van der Waals surface area contributed by atoms with Crippen molar-refractivity contribution in [3.8, 4) is 0 Å². The molecule has 5 nitrogen and oxygen atoms in total. The second-order valence-corrected chi connectivity index (χ2v) is 6.43. The molecule has 0 atom stereocenters. The average Bonchev–Trinajstić information content (AvgIpc) is 3.04. The Bertz CT molecular complexity index is 714. The lowest BCUT2D eigenvalue weighted by Gasteiger charge is -2.34. The summed E-state index contributed by atoms with van der Waals surface area (Å²) in [6.07, 6.45) is 4.45. The largest absolute Gasteiger partial charge is 0.360 e. The van der Waals surface area contributed by atoms with Crippen molar-refractivity contribution < 1.29 is 9.59 Å². The number of H-pyrrole nitrogens is 1. The molecule has 5 heteroatoms. The Hall–Kier alpha value is -2.14. The highest BCUT2D eigenvalue weighted by atomic mass is 16.2. The number of Topliss-reactive ketones (excluding diaryl/α,β-unsaturated/α-hetero) is 1. The number of benzene rings is 1. The van der Waals surface area contributed by atoms with Crippen LogP contribution >= 0.6 is 0 Å². The van der Waals surface area contributed by atoms with Crippen LogP contribution in [0, 0.1) is 0 Å². The zero-order valence-corrected chi connectivity index (χ0v) is 14.3. The summed E-state index contributed by atoms with van der Waals surface area (Å²) in [6, 6.07) is 7.87. The summed E-state index contributed by atoms with van der Waals surface area (Å²) in [7, 11) is 0. The van der Waals surface area contributed by atoms with Gasteiger partial charge in [-0.25, -0.2) is 0 Å². The number of carbonyl (C=O) groups excluding carboxylic acids is 2. The topological polar surface area (TPSA) is 56.4 Å². The van der Waals surface area contributed by atoms with Gasteiger partial charge in [0.15, 0.2) is 5.78 Å². The van der Waals surface area contributed by atoms with Gasteiger partial charge in [-0.3, -0.25) is 14.5 Å². The summed E-state index contributed by atoms with van der Waals surface area (Å²) in [5.74, 6) is 0.387. The number of hydrogen-bond acceptors (Lipinski definition) is 3. The van der Waals surface area contributed by atoms with Gasteiger partial charge in [0.05, 0.1) is 6.54 Å². The Kier molecular flexibility index (Phi) is 5.30. The first-order valence-corrected chi connectivity index (χ1v) is 8.78. The number of aromatic nitrogens is 1. The summed E-state index contributed by atoms with van der Waals surface area (Å²) in [5.41, 5.74) is 1.75. The van der Waals surface area contributed by atoms with Crippen molar-refractivity contribution in [2.24, 2.45) is 0 Å². The number of rotatable bonds is 6. The van der Waals surface area contributed by atoms with Crippen LogP contribution in [0.3, 0.4) is 0 Å². The quantitative estimate of drug-likeness (QED) is 0.830. The highest BCUT2D eigenvalue weighted by molar-refractivity contribution is 6.08. The molecule has 3 rings (SSSR count). The number of aromatic amines is 1. The first kappa shape index (κ1) is 16.7. The van der Waals surface area contributed by atoms with Crippen LogP contribution in [0.4, 0.5) is 0 Å². The van der Waals surface area contributed by atoms with E-state index in [9.17, 15) is 9.59 Å². The SMILES string of the molecule is CCCCC(=O)N1CCN(CC(=O)c2c[nH]c3ccccc23)CC1. The van der Waals surface area contributed by atoms with Crippen molar-refractivity contribution in [3.63, 3.8) is 0 Å². The summed E-state index contributed by atoms with van der Waals surface area (Å²) in [5, 5.41) is 0.982. The van der Waals surface area contributed by atoms with Gasteiger partial charge in [-0.2, -0.15) is 0 Å². The zero-order chi connectivity index (χ0) is 16.9. The number of nitrogens with zero attached hydrogens (tertiary/aromatic N) is 2. The minimum absolute atomic E-state index is 0.137. The molecule has 1 saturated heterocycles. The van der Waals surface area contributed by atoms with Crippen molar-refractivity contribution in [2.75, 3.05) is 32.7 Å². The normalized spacial score (nSPS) is 15.8. The third-order valence-corrected chi connectivity index (χ3v) is 4.73. The second kappa shape index (κ2) is 7.62. The number of unbranched alkanes of at least 4 members (excludes halogenated alkanes) is 1. The Morgan fingerprint density at radius 3 is 2.62 bits per heavy atom. The Morgan fingerprint density at radius 2 is 1.88 bits per heavy atom. The van der Waals surface area contributed by atoms with E-state index in [-0.39, 0.29) is 11.7 Å².